The van der Waals surface area contributed by atoms with E-state index in [4.69, 9.17) is 10.5 Å². The van der Waals surface area contributed by atoms with Crippen LogP contribution in [0.25, 0.3) is 0 Å². The van der Waals surface area contributed by atoms with Crippen molar-refractivity contribution in [1.29, 1.82) is 0 Å². The Morgan fingerprint density at radius 2 is 1.68 bits per heavy atom. The van der Waals surface area contributed by atoms with E-state index in [9.17, 15) is 9.59 Å². The van der Waals surface area contributed by atoms with Gasteiger partial charge >= 0.3 is 0 Å². The van der Waals surface area contributed by atoms with Crippen molar-refractivity contribution in [2.24, 2.45) is 5.73 Å². The highest BCUT2D eigenvalue weighted by atomic mass is 127. The van der Waals surface area contributed by atoms with Gasteiger partial charge in [-0.1, -0.05) is 0 Å². The van der Waals surface area contributed by atoms with Crippen LogP contribution in [0.3, 0.4) is 0 Å². The molecular formula is C16H15IN2O3. The van der Waals surface area contributed by atoms with E-state index in [0.717, 1.165) is 3.57 Å². The molecule has 2 aromatic carbocycles. The molecule has 22 heavy (non-hydrogen) atoms. The van der Waals surface area contributed by atoms with Crippen LogP contribution in [0, 0.1) is 3.57 Å². The standard InChI is InChI=1S/C16H15IN2O3/c1-10(22-14-8-4-12(17)5-9-14)16(21)19-13-6-2-11(3-7-13)15(18)20/h2-10H,1H3,(H2,18,20)(H,19,21)/t10-/m0/s1. The third-order valence-corrected chi connectivity index (χ3v) is 3.65. The van der Waals surface area contributed by atoms with Gasteiger partial charge in [-0.3, -0.25) is 9.59 Å². The average Bonchev–Trinajstić information content (AvgIpc) is 2.50. The van der Waals surface area contributed by atoms with Crippen molar-refractivity contribution in [3.05, 3.63) is 57.7 Å². The first-order valence-corrected chi connectivity index (χ1v) is 7.66. The molecule has 6 heteroatoms. The van der Waals surface area contributed by atoms with Crippen LogP contribution in [-0.4, -0.2) is 17.9 Å². The number of carbonyl (C=O) groups excluding carboxylic acids is 2. The summed E-state index contributed by atoms with van der Waals surface area (Å²) >= 11 is 2.20. The summed E-state index contributed by atoms with van der Waals surface area (Å²) < 4.78 is 6.67. The lowest BCUT2D eigenvalue weighted by Gasteiger charge is -2.15. The molecule has 114 valence electrons. The Hall–Kier alpha value is -2.09. The number of carbonyl (C=O) groups is 2. The van der Waals surface area contributed by atoms with Gasteiger partial charge in [-0.2, -0.15) is 0 Å². The van der Waals surface area contributed by atoms with Crippen LogP contribution >= 0.6 is 22.6 Å². The molecule has 0 aliphatic heterocycles. The molecule has 3 N–H and O–H groups in total. The Bertz CT molecular complexity index is 669. The number of hydrogen-bond donors (Lipinski definition) is 2. The minimum absolute atomic E-state index is 0.273. The van der Waals surface area contributed by atoms with Crippen molar-refractivity contribution in [1.82, 2.24) is 0 Å². The number of amides is 2. The number of halogens is 1. The summed E-state index contributed by atoms with van der Waals surface area (Å²) in [6.45, 7) is 1.67. The Balaban J connectivity index is 1.95. The third kappa shape index (κ3) is 4.45. The maximum atomic E-state index is 12.1. The van der Waals surface area contributed by atoms with Crippen molar-refractivity contribution in [3.63, 3.8) is 0 Å². The second-order valence-corrected chi connectivity index (χ2v) is 5.89. The summed E-state index contributed by atoms with van der Waals surface area (Å²) in [6, 6.07) is 13.8. The van der Waals surface area contributed by atoms with E-state index >= 15 is 0 Å². The van der Waals surface area contributed by atoms with Crippen LogP contribution in [0.5, 0.6) is 5.75 Å². The first-order chi connectivity index (χ1) is 10.5. The molecule has 0 aromatic heterocycles. The molecule has 0 saturated heterocycles. The van der Waals surface area contributed by atoms with Crippen molar-refractivity contribution >= 4 is 40.1 Å². The molecule has 0 saturated carbocycles. The van der Waals surface area contributed by atoms with E-state index in [1.165, 1.54) is 0 Å². The van der Waals surface area contributed by atoms with Crippen molar-refractivity contribution < 1.29 is 14.3 Å². The molecule has 0 aliphatic rings. The fourth-order valence-corrected chi connectivity index (χ4v) is 2.09. The van der Waals surface area contributed by atoms with Crippen molar-refractivity contribution in [2.75, 3.05) is 5.32 Å². The summed E-state index contributed by atoms with van der Waals surface area (Å²) in [4.78, 5) is 23.1. The second kappa shape index (κ2) is 7.26. The lowest BCUT2D eigenvalue weighted by atomic mass is 10.2. The summed E-state index contributed by atoms with van der Waals surface area (Å²) in [5, 5.41) is 2.72. The summed E-state index contributed by atoms with van der Waals surface area (Å²) in [7, 11) is 0. The lowest BCUT2D eigenvalue weighted by molar-refractivity contribution is -0.122. The zero-order valence-electron chi connectivity index (χ0n) is 11.9. The summed E-state index contributed by atoms with van der Waals surface area (Å²) in [6.07, 6.45) is -0.643. The Morgan fingerprint density at radius 3 is 2.23 bits per heavy atom. The van der Waals surface area contributed by atoms with Gasteiger partial charge in [0.2, 0.25) is 5.91 Å². The highest BCUT2D eigenvalue weighted by molar-refractivity contribution is 14.1. The van der Waals surface area contributed by atoms with Gasteiger partial charge in [-0.25, -0.2) is 0 Å². The third-order valence-electron chi connectivity index (χ3n) is 2.93. The normalized spacial score (nSPS) is 11.5. The van der Waals surface area contributed by atoms with Gasteiger partial charge in [-0.15, -0.1) is 0 Å². The van der Waals surface area contributed by atoms with E-state index in [1.807, 2.05) is 24.3 Å². The van der Waals surface area contributed by atoms with Crippen LogP contribution in [0.15, 0.2) is 48.5 Å². The van der Waals surface area contributed by atoms with Crippen LogP contribution in [0.1, 0.15) is 17.3 Å². The van der Waals surface area contributed by atoms with Gasteiger partial charge in [0.05, 0.1) is 0 Å². The molecule has 5 nitrogen and oxygen atoms in total. The van der Waals surface area contributed by atoms with Crippen molar-refractivity contribution in [2.45, 2.75) is 13.0 Å². The number of nitrogens with one attached hydrogen (secondary N) is 1. The van der Waals surface area contributed by atoms with E-state index in [1.54, 1.807) is 31.2 Å². The number of benzene rings is 2. The molecule has 1 atom stereocenters. The predicted octanol–water partition coefficient (Wildman–Crippen LogP) is 2.80. The molecule has 2 amide bonds. The van der Waals surface area contributed by atoms with Gasteiger partial charge in [0.25, 0.3) is 5.91 Å². The maximum absolute atomic E-state index is 12.1. The van der Waals surface area contributed by atoms with E-state index in [-0.39, 0.29) is 5.91 Å². The lowest BCUT2D eigenvalue weighted by Crippen LogP contribution is -2.30. The molecule has 0 heterocycles. The van der Waals surface area contributed by atoms with Crippen molar-refractivity contribution in [3.8, 4) is 5.75 Å². The fraction of sp³-hybridized carbons (Fsp3) is 0.125. The first kappa shape index (κ1) is 16.3. The molecule has 2 rings (SSSR count). The van der Waals surface area contributed by atoms with E-state index in [0.29, 0.717) is 17.0 Å². The fourth-order valence-electron chi connectivity index (χ4n) is 1.73. The molecule has 0 bridgehead atoms. The zero-order chi connectivity index (χ0) is 16.1. The average molecular weight is 410 g/mol. The summed E-state index contributed by atoms with van der Waals surface area (Å²) in [5.41, 5.74) is 6.13. The van der Waals surface area contributed by atoms with E-state index in [2.05, 4.69) is 27.9 Å². The summed E-state index contributed by atoms with van der Waals surface area (Å²) in [5.74, 6) is -0.147. The van der Waals surface area contributed by atoms with E-state index < -0.39 is 12.0 Å². The minimum atomic E-state index is -0.643. The number of nitrogens with two attached hydrogens (primary N) is 1. The van der Waals surface area contributed by atoms with Gasteiger partial charge in [0, 0.05) is 14.8 Å². The monoisotopic (exact) mass is 410 g/mol. The molecule has 0 fully saturated rings. The SMILES string of the molecule is C[C@H](Oc1ccc(I)cc1)C(=O)Nc1ccc(C(N)=O)cc1. The van der Waals surface area contributed by atoms with Crippen LogP contribution in [0.2, 0.25) is 0 Å². The van der Waals surface area contributed by atoms with Crippen LogP contribution in [-0.2, 0) is 4.79 Å². The van der Waals surface area contributed by atoms with Gasteiger partial charge in [-0.05, 0) is 78.0 Å². The number of primary amides is 1. The topological polar surface area (TPSA) is 81.4 Å². The number of ether oxygens (including phenoxy) is 1. The first-order valence-electron chi connectivity index (χ1n) is 6.58. The zero-order valence-corrected chi connectivity index (χ0v) is 14.0. The van der Waals surface area contributed by atoms with Crippen LogP contribution in [0.4, 0.5) is 5.69 Å². The largest absolute Gasteiger partial charge is 0.481 e. The van der Waals surface area contributed by atoms with Gasteiger partial charge < -0.3 is 15.8 Å². The van der Waals surface area contributed by atoms with Gasteiger partial charge in [0.15, 0.2) is 6.10 Å². The highest BCUT2D eigenvalue weighted by Gasteiger charge is 2.15. The highest BCUT2D eigenvalue weighted by Crippen LogP contribution is 2.16. The Morgan fingerprint density at radius 1 is 1.09 bits per heavy atom. The molecular weight excluding hydrogens is 395 g/mol. The minimum Gasteiger partial charge on any atom is -0.481 e. The molecule has 0 radical (unpaired) electrons. The predicted molar refractivity (Wildman–Crippen MR) is 92.8 cm³/mol. The maximum Gasteiger partial charge on any atom is 0.265 e. The Labute approximate surface area is 142 Å². The molecule has 2 aromatic rings. The Kier molecular flexibility index (Phi) is 5.37. The number of rotatable bonds is 5. The number of anilines is 1. The second-order valence-electron chi connectivity index (χ2n) is 4.64. The quantitative estimate of drug-likeness (QED) is 0.744. The number of hydrogen-bond acceptors (Lipinski definition) is 3. The molecule has 0 spiro atoms. The van der Waals surface area contributed by atoms with Crippen LogP contribution < -0.4 is 15.8 Å². The van der Waals surface area contributed by atoms with Gasteiger partial charge in [0.1, 0.15) is 5.75 Å². The smallest absolute Gasteiger partial charge is 0.265 e. The molecule has 0 unspecified atom stereocenters. The molecule has 0 aliphatic carbocycles.